The van der Waals surface area contributed by atoms with Crippen molar-refractivity contribution in [1.82, 2.24) is 4.90 Å². The van der Waals surface area contributed by atoms with Gasteiger partial charge in [-0.05, 0) is 36.8 Å². The van der Waals surface area contributed by atoms with Gasteiger partial charge in [-0.25, -0.2) is 4.99 Å². The lowest BCUT2D eigenvalue weighted by atomic mass is 10.1. The van der Waals surface area contributed by atoms with Gasteiger partial charge in [-0.1, -0.05) is 59.6 Å². The van der Waals surface area contributed by atoms with Crippen LogP contribution in [0.15, 0.2) is 71.7 Å². The average molecular weight is 513 g/mol. The normalized spacial score (nSPS) is 16.7. The SMILES string of the molecule is CN(C(=O)CN)C1=Nc2cc(OCc3ccccc3Cl)ccc2NC1(C)OCc1ccccc1Cl. The van der Waals surface area contributed by atoms with Crippen molar-refractivity contribution in [3.8, 4) is 5.75 Å². The molecule has 3 N–H and O–H groups in total. The highest BCUT2D eigenvalue weighted by Gasteiger charge is 2.40. The van der Waals surface area contributed by atoms with Crippen molar-refractivity contribution >= 4 is 46.3 Å². The standard InChI is InChI=1S/C26H26Cl2N4O3/c1-26(35-16-18-8-4-6-10-21(18)28)25(32(2)24(33)14-29)30-23-13-19(11-12-22(23)31-26)34-15-17-7-3-5-9-20(17)27/h3-13,31H,14-16,29H2,1-2H3. The fourth-order valence-corrected chi connectivity index (χ4v) is 4.08. The first-order valence-electron chi connectivity index (χ1n) is 11.0. The molecule has 1 aliphatic heterocycles. The number of benzene rings is 3. The lowest BCUT2D eigenvalue weighted by Gasteiger charge is -2.39. The average Bonchev–Trinajstić information content (AvgIpc) is 2.86. The molecule has 0 aliphatic carbocycles. The molecule has 0 saturated carbocycles. The molecule has 3 aromatic rings. The van der Waals surface area contributed by atoms with E-state index in [1.807, 2.05) is 61.5 Å². The van der Waals surface area contributed by atoms with Crippen LogP contribution in [0.3, 0.4) is 0 Å². The molecule has 1 heterocycles. The Hall–Kier alpha value is -3.10. The van der Waals surface area contributed by atoms with Gasteiger partial charge in [0.25, 0.3) is 0 Å². The maximum absolute atomic E-state index is 12.5. The molecule has 0 bridgehead atoms. The van der Waals surface area contributed by atoms with E-state index < -0.39 is 5.72 Å². The summed E-state index contributed by atoms with van der Waals surface area (Å²) in [5, 5.41) is 4.61. The number of amidine groups is 1. The number of carbonyl (C=O) groups is 1. The van der Waals surface area contributed by atoms with Gasteiger partial charge in [0.1, 0.15) is 12.4 Å². The number of nitrogens with two attached hydrogens (primary N) is 1. The van der Waals surface area contributed by atoms with Crippen molar-refractivity contribution in [2.75, 3.05) is 18.9 Å². The van der Waals surface area contributed by atoms with Crippen LogP contribution in [-0.2, 0) is 22.7 Å². The number of anilines is 1. The van der Waals surface area contributed by atoms with Gasteiger partial charge in [0.15, 0.2) is 11.6 Å². The molecule has 1 amide bonds. The topological polar surface area (TPSA) is 89.2 Å². The fourth-order valence-electron chi connectivity index (χ4n) is 3.70. The Balaban J connectivity index is 1.61. The second-order valence-electron chi connectivity index (χ2n) is 8.19. The zero-order chi connectivity index (χ0) is 25.0. The smallest absolute Gasteiger partial charge is 0.241 e. The number of ether oxygens (including phenoxy) is 2. The van der Waals surface area contributed by atoms with Crippen molar-refractivity contribution in [3.05, 3.63) is 87.9 Å². The van der Waals surface area contributed by atoms with Gasteiger partial charge < -0.3 is 20.5 Å². The van der Waals surface area contributed by atoms with Crippen molar-refractivity contribution in [2.24, 2.45) is 10.7 Å². The molecule has 182 valence electrons. The van der Waals surface area contributed by atoms with Crippen LogP contribution in [0.5, 0.6) is 5.75 Å². The number of amides is 1. The number of rotatable bonds is 7. The first-order chi connectivity index (χ1) is 16.8. The second-order valence-corrected chi connectivity index (χ2v) is 9.00. The second kappa shape index (κ2) is 10.7. The number of likely N-dealkylation sites (N-methyl/N-ethyl adjacent to an activating group) is 1. The maximum Gasteiger partial charge on any atom is 0.241 e. The predicted molar refractivity (Wildman–Crippen MR) is 139 cm³/mol. The highest BCUT2D eigenvalue weighted by Crippen LogP contribution is 2.38. The molecule has 0 spiro atoms. The summed E-state index contributed by atoms with van der Waals surface area (Å²) in [4.78, 5) is 18.7. The third-order valence-electron chi connectivity index (χ3n) is 5.69. The van der Waals surface area contributed by atoms with E-state index in [0.717, 1.165) is 16.8 Å². The molecule has 4 rings (SSSR count). The summed E-state index contributed by atoms with van der Waals surface area (Å²) in [6.07, 6.45) is 0. The molecule has 9 heteroatoms. The number of aliphatic imine (C=N–C) groups is 1. The largest absolute Gasteiger partial charge is 0.489 e. The van der Waals surface area contributed by atoms with E-state index in [9.17, 15) is 4.79 Å². The summed E-state index contributed by atoms with van der Waals surface area (Å²) in [7, 11) is 1.62. The molecular formula is C26H26Cl2N4O3. The molecule has 1 unspecified atom stereocenters. The van der Waals surface area contributed by atoms with Crippen LogP contribution >= 0.6 is 23.2 Å². The van der Waals surface area contributed by atoms with Crippen LogP contribution < -0.4 is 15.8 Å². The molecule has 3 aromatic carbocycles. The number of nitrogens with zero attached hydrogens (tertiary/aromatic N) is 2. The van der Waals surface area contributed by atoms with Gasteiger partial charge in [0.2, 0.25) is 5.91 Å². The zero-order valence-electron chi connectivity index (χ0n) is 19.4. The van der Waals surface area contributed by atoms with Crippen LogP contribution in [0, 0.1) is 0 Å². The number of hydrogen-bond donors (Lipinski definition) is 2. The third kappa shape index (κ3) is 5.60. The van der Waals surface area contributed by atoms with E-state index in [4.69, 9.17) is 43.4 Å². The molecule has 0 fully saturated rings. The Labute approximate surface area is 214 Å². The van der Waals surface area contributed by atoms with Crippen molar-refractivity contribution in [1.29, 1.82) is 0 Å². The zero-order valence-corrected chi connectivity index (χ0v) is 20.9. The van der Waals surface area contributed by atoms with Crippen LogP contribution in [0.4, 0.5) is 11.4 Å². The summed E-state index contributed by atoms with van der Waals surface area (Å²) < 4.78 is 12.2. The molecule has 0 saturated heterocycles. The van der Waals surface area contributed by atoms with Crippen LogP contribution in [0.1, 0.15) is 18.1 Å². The minimum Gasteiger partial charge on any atom is -0.489 e. The lowest BCUT2D eigenvalue weighted by Crippen LogP contribution is -2.56. The van der Waals surface area contributed by atoms with E-state index in [1.54, 1.807) is 19.2 Å². The molecule has 35 heavy (non-hydrogen) atoms. The summed E-state index contributed by atoms with van der Waals surface area (Å²) >= 11 is 12.5. The number of nitrogens with one attached hydrogen (secondary N) is 1. The number of halogens is 2. The number of carbonyl (C=O) groups excluding carboxylic acids is 1. The Bertz CT molecular complexity index is 1270. The minimum absolute atomic E-state index is 0.163. The van der Waals surface area contributed by atoms with Crippen molar-refractivity contribution in [3.63, 3.8) is 0 Å². The third-order valence-corrected chi connectivity index (χ3v) is 6.43. The van der Waals surface area contributed by atoms with Crippen molar-refractivity contribution < 1.29 is 14.3 Å². The van der Waals surface area contributed by atoms with Crippen LogP contribution in [-0.4, -0.2) is 36.0 Å². The quantitative estimate of drug-likeness (QED) is 0.443. The summed E-state index contributed by atoms with van der Waals surface area (Å²) in [6.45, 7) is 2.17. The van der Waals surface area contributed by atoms with Gasteiger partial charge in [0, 0.05) is 28.7 Å². The highest BCUT2D eigenvalue weighted by molar-refractivity contribution is 6.31. The van der Waals surface area contributed by atoms with Gasteiger partial charge in [-0.15, -0.1) is 0 Å². The van der Waals surface area contributed by atoms with E-state index >= 15 is 0 Å². The maximum atomic E-state index is 12.5. The highest BCUT2D eigenvalue weighted by atomic mass is 35.5. The fraction of sp³-hybridized carbons (Fsp3) is 0.231. The van der Waals surface area contributed by atoms with E-state index in [1.165, 1.54) is 4.90 Å². The summed E-state index contributed by atoms with van der Waals surface area (Å²) in [5.41, 5.74) is 7.53. The van der Waals surface area contributed by atoms with Gasteiger partial charge >= 0.3 is 0 Å². The van der Waals surface area contributed by atoms with Crippen LogP contribution in [0.25, 0.3) is 0 Å². The first kappa shape index (κ1) is 25.0. The Morgan fingerprint density at radius 1 is 1.03 bits per heavy atom. The molecule has 0 radical (unpaired) electrons. The van der Waals surface area contributed by atoms with Gasteiger partial charge in [-0.3, -0.25) is 9.69 Å². The Kier molecular flexibility index (Phi) is 7.62. The predicted octanol–water partition coefficient (Wildman–Crippen LogP) is 5.38. The number of fused-ring (bicyclic) bond motifs is 1. The monoisotopic (exact) mass is 512 g/mol. The number of hydrogen-bond acceptors (Lipinski definition) is 6. The lowest BCUT2D eigenvalue weighted by molar-refractivity contribution is -0.125. The van der Waals surface area contributed by atoms with Crippen molar-refractivity contribution in [2.45, 2.75) is 25.9 Å². The van der Waals surface area contributed by atoms with Crippen LogP contribution in [0.2, 0.25) is 10.0 Å². The summed E-state index contributed by atoms with van der Waals surface area (Å²) in [5.74, 6) is 0.686. The molecule has 0 aromatic heterocycles. The van der Waals surface area contributed by atoms with Gasteiger partial charge in [-0.2, -0.15) is 0 Å². The molecule has 1 aliphatic rings. The first-order valence-corrected chi connectivity index (χ1v) is 11.8. The minimum atomic E-state index is -1.12. The Morgan fingerprint density at radius 2 is 1.66 bits per heavy atom. The van der Waals surface area contributed by atoms with E-state index in [0.29, 0.717) is 33.9 Å². The van der Waals surface area contributed by atoms with E-state index in [2.05, 4.69) is 5.32 Å². The Morgan fingerprint density at radius 3 is 2.29 bits per heavy atom. The molecule has 1 atom stereocenters. The summed E-state index contributed by atoms with van der Waals surface area (Å²) in [6, 6.07) is 20.4. The van der Waals surface area contributed by atoms with Gasteiger partial charge in [0.05, 0.1) is 24.5 Å². The molecule has 7 nitrogen and oxygen atoms in total. The molecular weight excluding hydrogens is 487 g/mol. The van der Waals surface area contributed by atoms with E-state index in [-0.39, 0.29) is 19.1 Å².